The summed E-state index contributed by atoms with van der Waals surface area (Å²) in [5.41, 5.74) is 1.24. The predicted molar refractivity (Wildman–Crippen MR) is 150 cm³/mol. The first-order valence-corrected chi connectivity index (χ1v) is 15.0. The normalized spacial score (nSPS) is 19.2. The van der Waals surface area contributed by atoms with Gasteiger partial charge in [-0.2, -0.15) is 4.31 Å². The zero-order valence-corrected chi connectivity index (χ0v) is 23.4. The quantitative estimate of drug-likeness (QED) is 0.452. The van der Waals surface area contributed by atoms with Gasteiger partial charge in [-0.1, -0.05) is 48.5 Å². The van der Waals surface area contributed by atoms with Gasteiger partial charge >= 0.3 is 5.97 Å². The number of hydrogen-bond donors (Lipinski definition) is 1. The van der Waals surface area contributed by atoms with Gasteiger partial charge in [-0.3, -0.25) is 0 Å². The molecule has 2 aliphatic heterocycles. The van der Waals surface area contributed by atoms with E-state index in [4.69, 9.17) is 4.98 Å². The Morgan fingerprint density at radius 2 is 1.56 bits per heavy atom. The van der Waals surface area contributed by atoms with Crippen LogP contribution in [-0.4, -0.2) is 58.9 Å². The highest BCUT2D eigenvalue weighted by Crippen LogP contribution is 2.47. The summed E-state index contributed by atoms with van der Waals surface area (Å²) in [5.74, 6) is -0.477. The van der Waals surface area contributed by atoms with Gasteiger partial charge in [0.15, 0.2) is 0 Å². The number of aryl methyl sites for hydroxylation is 2. The molecule has 2 aromatic carbocycles. The molecule has 0 bridgehead atoms. The van der Waals surface area contributed by atoms with Crippen LogP contribution in [0.15, 0.2) is 71.8 Å². The lowest BCUT2D eigenvalue weighted by atomic mass is 9.69. The monoisotopic (exact) mass is 548 g/mol. The van der Waals surface area contributed by atoms with Gasteiger partial charge in [-0.15, -0.1) is 0 Å². The van der Waals surface area contributed by atoms with E-state index in [0.717, 1.165) is 31.2 Å². The zero-order valence-electron chi connectivity index (χ0n) is 22.6. The van der Waals surface area contributed by atoms with Gasteiger partial charge in [-0.05, 0) is 75.5 Å². The largest absolute Gasteiger partial charge is 0.478 e. The first-order valence-electron chi connectivity index (χ1n) is 13.6. The molecule has 3 aromatic rings. The van der Waals surface area contributed by atoms with Crippen molar-refractivity contribution in [3.05, 3.63) is 83.7 Å². The average molecular weight is 549 g/mol. The molecule has 1 aromatic heterocycles. The van der Waals surface area contributed by atoms with Crippen molar-refractivity contribution in [3.63, 3.8) is 0 Å². The van der Waals surface area contributed by atoms with Crippen LogP contribution in [0, 0.1) is 5.41 Å². The van der Waals surface area contributed by atoms with Crippen LogP contribution in [0.3, 0.4) is 0 Å². The molecule has 2 fully saturated rings. The molecule has 9 heteroatoms. The van der Waals surface area contributed by atoms with E-state index in [1.54, 1.807) is 28.6 Å². The van der Waals surface area contributed by atoms with Crippen molar-refractivity contribution < 1.29 is 18.3 Å². The number of sulfonamides is 1. The number of carboxylic acid groups (broad SMARTS) is 1. The minimum absolute atomic E-state index is 0.106. The third-order valence-corrected chi connectivity index (χ3v) is 10.5. The third-order valence-electron chi connectivity index (χ3n) is 8.44. The molecule has 2 saturated heterocycles. The second-order valence-corrected chi connectivity index (χ2v) is 13.3. The van der Waals surface area contributed by atoms with Crippen molar-refractivity contribution in [2.75, 3.05) is 24.5 Å². The first-order chi connectivity index (χ1) is 18.6. The highest BCUT2D eigenvalue weighted by molar-refractivity contribution is 7.89. The summed E-state index contributed by atoms with van der Waals surface area (Å²) < 4.78 is 29.0. The topological polar surface area (TPSA) is 104 Å². The Kier molecular flexibility index (Phi) is 7.48. The van der Waals surface area contributed by atoms with Crippen molar-refractivity contribution in [2.45, 2.75) is 62.8 Å². The van der Waals surface area contributed by atoms with Crippen LogP contribution >= 0.6 is 0 Å². The molecular formula is C30H36N4O4S. The van der Waals surface area contributed by atoms with Gasteiger partial charge in [0.05, 0.1) is 16.2 Å². The van der Waals surface area contributed by atoms with Crippen LogP contribution in [0.2, 0.25) is 0 Å². The molecule has 0 aliphatic carbocycles. The van der Waals surface area contributed by atoms with E-state index in [1.807, 2.05) is 50.2 Å². The molecule has 0 saturated carbocycles. The minimum atomic E-state index is -3.62. The summed E-state index contributed by atoms with van der Waals surface area (Å²) in [6.45, 7) is 5.93. The molecule has 0 amide bonds. The van der Waals surface area contributed by atoms with E-state index in [2.05, 4.69) is 9.88 Å². The summed E-state index contributed by atoms with van der Waals surface area (Å²) in [5, 5.41) is 9.70. The SMILES string of the molecule is CC1(C)CCC2(CCN(c3ncc(C(=O)O)c(CCc4ccccc4)n3)CC2)CN1S(=O)(=O)c1ccccc1. The Morgan fingerprint density at radius 1 is 0.923 bits per heavy atom. The zero-order chi connectivity index (χ0) is 27.7. The van der Waals surface area contributed by atoms with Crippen molar-refractivity contribution in [2.24, 2.45) is 5.41 Å². The molecule has 1 N–H and O–H groups in total. The number of carboxylic acids is 1. The summed E-state index contributed by atoms with van der Waals surface area (Å²) in [6.07, 6.45) is 6.05. The summed E-state index contributed by atoms with van der Waals surface area (Å²) in [4.78, 5) is 23.4. The lowest BCUT2D eigenvalue weighted by molar-refractivity contribution is 0.0391. The Labute approximate surface area is 230 Å². The first kappa shape index (κ1) is 27.3. The maximum Gasteiger partial charge on any atom is 0.339 e. The highest BCUT2D eigenvalue weighted by Gasteiger charge is 2.49. The van der Waals surface area contributed by atoms with Crippen LogP contribution in [-0.2, 0) is 22.9 Å². The third kappa shape index (κ3) is 5.70. The number of piperidine rings is 2. The fourth-order valence-electron chi connectivity index (χ4n) is 5.85. The molecule has 0 radical (unpaired) electrons. The van der Waals surface area contributed by atoms with Crippen molar-refractivity contribution >= 4 is 21.9 Å². The van der Waals surface area contributed by atoms with Gasteiger partial charge in [0, 0.05) is 31.4 Å². The number of aromatic carboxylic acids is 1. The van der Waals surface area contributed by atoms with Crippen molar-refractivity contribution in [1.82, 2.24) is 14.3 Å². The fraction of sp³-hybridized carbons (Fsp3) is 0.433. The van der Waals surface area contributed by atoms with Crippen LogP contribution in [0.4, 0.5) is 5.95 Å². The number of anilines is 1. The fourth-order valence-corrected chi connectivity index (χ4v) is 7.79. The maximum absolute atomic E-state index is 13.7. The molecule has 39 heavy (non-hydrogen) atoms. The Morgan fingerprint density at radius 3 is 2.21 bits per heavy atom. The molecule has 5 rings (SSSR count). The average Bonchev–Trinajstić information content (AvgIpc) is 2.94. The molecule has 3 heterocycles. The molecule has 8 nitrogen and oxygen atoms in total. The molecule has 0 unspecified atom stereocenters. The lowest BCUT2D eigenvalue weighted by Gasteiger charge is -2.53. The van der Waals surface area contributed by atoms with Crippen LogP contribution in [0.5, 0.6) is 0 Å². The number of nitrogens with zero attached hydrogens (tertiary/aromatic N) is 4. The molecule has 2 aliphatic rings. The Bertz CT molecular complexity index is 1420. The highest BCUT2D eigenvalue weighted by atomic mass is 32.2. The second kappa shape index (κ2) is 10.7. The van der Waals surface area contributed by atoms with Crippen molar-refractivity contribution in [3.8, 4) is 0 Å². The van der Waals surface area contributed by atoms with Gasteiger partial charge in [0.25, 0.3) is 0 Å². The van der Waals surface area contributed by atoms with Gasteiger partial charge in [0.2, 0.25) is 16.0 Å². The Hall–Kier alpha value is -3.30. The number of carbonyl (C=O) groups is 1. The smallest absolute Gasteiger partial charge is 0.339 e. The van der Waals surface area contributed by atoms with E-state index in [0.29, 0.717) is 49.0 Å². The second-order valence-electron chi connectivity index (χ2n) is 11.4. The van der Waals surface area contributed by atoms with E-state index < -0.39 is 21.5 Å². The lowest BCUT2D eigenvalue weighted by Crippen LogP contribution is -2.58. The van der Waals surface area contributed by atoms with E-state index in [9.17, 15) is 18.3 Å². The van der Waals surface area contributed by atoms with E-state index in [1.165, 1.54) is 6.20 Å². The van der Waals surface area contributed by atoms with Gasteiger partial charge < -0.3 is 10.0 Å². The summed E-state index contributed by atoms with van der Waals surface area (Å²) >= 11 is 0. The number of rotatable bonds is 7. The van der Waals surface area contributed by atoms with Crippen LogP contribution < -0.4 is 4.90 Å². The van der Waals surface area contributed by atoms with Gasteiger partial charge in [-0.25, -0.2) is 23.2 Å². The maximum atomic E-state index is 13.7. The van der Waals surface area contributed by atoms with Gasteiger partial charge in [0.1, 0.15) is 0 Å². The minimum Gasteiger partial charge on any atom is -0.478 e. The number of hydrogen-bond acceptors (Lipinski definition) is 6. The standard InChI is InChI=1S/C30H36N4O4S/c1-29(2)15-16-30(22-34(29)39(37,38)24-11-7-4-8-12-24)17-19-33(20-18-30)28-31-21-25(27(35)36)26(32-28)14-13-23-9-5-3-6-10-23/h3-12,21H,13-20,22H2,1-2H3,(H,35,36). The Balaban J connectivity index is 1.32. The molecule has 206 valence electrons. The number of benzene rings is 2. The summed E-state index contributed by atoms with van der Waals surface area (Å²) in [7, 11) is -3.62. The summed E-state index contributed by atoms with van der Waals surface area (Å²) in [6, 6.07) is 18.7. The van der Waals surface area contributed by atoms with Crippen LogP contribution in [0.25, 0.3) is 0 Å². The molecule has 1 spiro atoms. The van der Waals surface area contributed by atoms with E-state index in [-0.39, 0.29) is 11.0 Å². The van der Waals surface area contributed by atoms with Crippen LogP contribution in [0.1, 0.15) is 61.1 Å². The predicted octanol–water partition coefficient (Wildman–Crippen LogP) is 4.81. The molecule has 0 atom stereocenters. The van der Waals surface area contributed by atoms with E-state index >= 15 is 0 Å². The van der Waals surface area contributed by atoms with Crippen molar-refractivity contribution in [1.29, 1.82) is 0 Å². The molecular weight excluding hydrogens is 512 g/mol. The number of aromatic nitrogens is 2.